The van der Waals surface area contributed by atoms with E-state index in [0.29, 0.717) is 0 Å². The van der Waals surface area contributed by atoms with E-state index in [9.17, 15) is 0 Å². The maximum absolute atomic E-state index is 3.60. The van der Waals surface area contributed by atoms with Gasteiger partial charge in [0.05, 0.1) is 0 Å². The van der Waals surface area contributed by atoms with Gasteiger partial charge in [0, 0.05) is 28.9 Å². The molecule has 2 heterocycles. The molecule has 1 fully saturated rings. The molecule has 1 aromatic heterocycles. The molecule has 0 saturated carbocycles. The Morgan fingerprint density at radius 1 is 1.47 bits per heavy atom. The molecule has 1 aliphatic rings. The molecule has 96 valence electrons. The standard InChI is InChI=1S/C14H24N2S/c1-3-9-16(10-13-5-4-8-15-13)11-14-7-6-12(2)17-14/h6-7,13,15H,3-5,8-11H2,1-2H3. The van der Waals surface area contributed by atoms with Crippen molar-refractivity contribution in [2.24, 2.45) is 0 Å². The first-order valence-corrected chi connectivity index (χ1v) is 7.60. The molecule has 1 saturated heterocycles. The van der Waals surface area contributed by atoms with Gasteiger partial charge in [0.15, 0.2) is 0 Å². The molecule has 1 unspecified atom stereocenters. The average molecular weight is 252 g/mol. The predicted octanol–water partition coefficient (Wildman–Crippen LogP) is 3.02. The fraction of sp³-hybridized carbons (Fsp3) is 0.714. The van der Waals surface area contributed by atoms with E-state index < -0.39 is 0 Å². The third-order valence-electron chi connectivity index (χ3n) is 3.36. The largest absolute Gasteiger partial charge is 0.313 e. The lowest BCUT2D eigenvalue weighted by molar-refractivity contribution is 0.243. The lowest BCUT2D eigenvalue weighted by atomic mass is 10.2. The van der Waals surface area contributed by atoms with Gasteiger partial charge in [0.1, 0.15) is 0 Å². The van der Waals surface area contributed by atoms with Gasteiger partial charge >= 0.3 is 0 Å². The monoisotopic (exact) mass is 252 g/mol. The van der Waals surface area contributed by atoms with Crippen LogP contribution in [0, 0.1) is 6.92 Å². The maximum atomic E-state index is 3.60. The van der Waals surface area contributed by atoms with Crippen LogP contribution in [-0.2, 0) is 6.54 Å². The summed E-state index contributed by atoms with van der Waals surface area (Å²) in [5.74, 6) is 0. The average Bonchev–Trinajstić information content (AvgIpc) is 2.91. The van der Waals surface area contributed by atoms with Crippen molar-refractivity contribution in [3.8, 4) is 0 Å². The topological polar surface area (TPSA) is 15.3 Å². The summed E-state index contributed by atoms with van der Waals surface area (Å²) in [4.78, 5) is 5.54. The fourth-order valence-corrected chi connectivity index (χ4v) is 3.50. The minimum Gasteiger partial charge on any atom is -0.313 e. The van der Waals surface area contributed by atoms with E-state index in [-0.39, 0.29) is 0 Å². The molecule has 2 nitrogen and oxygen atoms in total. The molecular weight excluding hydrogens is 228 g/mol. The second-order valence-electron chi connectivity index (χ2n) is 5.04. The van der Waals surface area contributed by atoms with Gasteiger partial charge in [-0.25, -0.2) is 0 Å². The second kappa shape index (κ2) is 6.53. The molecule has 0 aromatic carbocycles. The molecule has 0 spiro atoms. The highest BCUT2D eigenvalue weighted by Crippen LogP contribution is 2.18. The zero-order valence-corrected chi connectivity index (χ0v) is 11.9. The number of aryl methyl sites for hydroxylation is 1. The first kappa shape index (κ1) is 13.1. The van der Waals surface area contributed by atoms with Gasteiger partial charge < -0.3 is 5.32 Å². The van der Waals surface area contributed by atoms with Crippen molar-refractivity contribution in [3.05, 3.63) is 21.9 Å². The molecule has 2 rings (SSSR count). The van der Waals surface area contributed by atoms with E-state index in [4.69, 9.17) is 0 Å². The molecule has 17 heavy (non-hydrogen) atoms. The van der Waals surface area contributed by atoms with E-state index >= 15 is 0 Å². The molecule has 1 aromatic rings. The molecule has 1 atom stereocenters. The van der Waals surface area contributed by atoms with Crippen LogP contribution in [0.4, 0.5) is 0 Å². The van der Waals surface area contributed by atoms with Crippen LogP contribution in [0.3, 0.4) is 0 Å². The predicted molar refractivity (Wildman–Crippen MR) is 75.6 cm³/mol. The highest BCUT2D eigenvalue weighted by molar-refractivity contribution is 7.11. The highest BCUT2D eigenvalue weighted by atomic mass is 32.1. The van der Waals surface area contributed by atoms with Crippen LogP contribution >= 0.6 is 11.3 Å². The van der Waals surface area contributed by atoms with E-state index in [0.717, 1.165) is 12.6 Å². The molecule has 0 radical (unpaired) electrons. The molecule has 0 amide bonds. The van der Waals surface area contributed by atoms with Gasteiger partial charge in [-0.3, -0.25) is 4.90 Å². The van der Waals surface area contributed by atoms with Crippen LogP contribution in [-0.4, -0.2) is 30.6 Å². The second-order valence-corrected chi connectivity index (χ2v) is 6.41. The van der Waals surface area contributed by atoms with Crippen molar-refractivity contribution in [2.45, 2.75) is 45.7 Å². The minimum absolute atomic E-state index is 0.725. The zero-order chi connectivity index (χ0) is 12.1. The lowest BCUT2D eigenvalue weighted by Crippen LogP contribution is -2.37. The van der Waals surface area contributed by atoms with E-state index in [1.807, 2.05) is 11.3 Å². The number of hydrogen-bond donors (Lipinski definition) is 1. The summed E-state index contributed by atoms with van der Waals surface area (Å²) < 4.78 is 0. The van der Waals surface area contributed by atoms with Gasteiger partial charge in [-0.05, 0) is 51.4 Å². The molecule has 1 aliphatic heterocycles. The molecule has 0 bridgehead atoms. The molecule has 1 N–H and O–H groups in total. The Labute approximate surface area is 109 Å². The zero-order valence-electron chi connectivity index (χ0n) is 11.0. The quantitative estimate of drug-likeness (QED) is 0.837. The Morgan fingerprint density at radius 2 is 2.35 bits per heavy atom. The Balaban J connectivity index is 1.87. The van der Waals surface area contributed by atoms with Crippen molar-refractivity contribution >= 4 is 11.3 Å². The van der Waals surface area contributed by atoms with Gasteiger partial charge in [-0.2, -0.15) is 0 Å². The Morgan fingerprint density at radius 3 is 2.94 bits per heavy atom. The number of nitrogens with zero attached hydrogens (tertiary/aromatic N) is 1. The molecule has 0 aliphatic carbocycles. The SMILES string of the molecule is CCCN(Cc1ccc(C)s1)CC1CCCN1. The summed E-state index contributed by atoms with van der Waals surface area (Å²) >= 11 is 1.94. The molecular formula is C14H24N2S. The summed E-state index contributed by atoms with van der Waals surface area (Å²) in [6, 6.07) is 5.24. The van der Waals surface area contributed by atoms with Gasteiger partial charge in [-0.1, -0.05) is 6.92 Å². The lowest BCUT2D eigenvalue weighted by Gasteiger charge is -2.24. The van der Waals surface area contributed by atoms with Gasteiger partial charge in [-0.15, -0.1) is 11.3 Å². The van der Waals surface area contributed by atoms with Crippen molar-refractivity contribution in [1.29, 1.82) is 0 Å². The Kier molecular flexibility index (Phi) is 5.01. The summed E-state index contributed by atoms with van der Waals surface area (Å²) in [6.07, 6.45) is 3.95. The summed E-state index contributed by atoms with van der Waals surface area (Å²) in [6.45, 7) is 9.23. The van der Waals surface area contributed by atoms with Crippen molar-refractivity contribution in [1.82, 2.24) is 10.2 Å². The summed E-state index contributed by atoms with van der Waals surface area (Å²) in [7, 11) is 0. The Hall–Kier alpha value is -0.380. The smallest absolute Gasteiger partial charge is 0.0328 e. The van der Waals surface area contributed by atoms with Crippen LogP contribution in [0.1, 0.15) is 35.9 Å². The normalized spacial score (nSPS) is 20.3. The summed E-state index contributed by atoms with van der Waals surface area (Å²) in [5, 5.41) is 3.60. The van der Waals surface area contributed by atoms with Crippen molar-refractivity contribution < 1.29 is 0 Å². The third kappa shape index (κ3) is 4.09. The molecule has 3 heteroatoms. The van der Waals surface area contributed by atoms with E-state index in [1.54, 1.807) is 0 Å². The fourth-order valence-electron chi connectivity index (χ4n) is 2.57. The van der Waals surface area contributed by atoms with E-state index in [2.05, 4.69) is 36.2 Å². The van der Waals surface area contributed by atoms with Crippen LogP contribution in [0.15, 0.2) is 12.1 Å². The van der Waals surface area contributed by atoms with Crippen LogP contribution in [0.2, 0.25) is 0 Å². The minimum atomic E-state index is 0.725. The maximum Gasteiger partial charge on any atom is 0.0328 e. The summed E-state index contributed by atoms with van der Waals surface area (Å²) in [5.41, 5.74) is 0. The number of hydrogen-bond acceptors (Lipinski definition) is 3. The highest BCUT2D eigenvalue weighted by Gasteiger charge is 2.17. The van der Waals surface area contributed by atoms with Crippen molar-refractivity contribution in [3.63, 3.8) is 0 Å². The number of rotatable bonds is 6. The Bertz CT molecular complexity index is 329. The number of nitrogens with one attached hydrogen (secondary N) is 1. The number of thiophene rings is 1. The van der Waals surface area contributed by atoms with Crippen LogP contribution in [0.5, 0.6) is 0 Å². The third-order valence-corrected chi connectivity index (χ3v) is 4.34. The van der Waals surface area contributed by atoms with Gasteiger partial charge in [0.2, 0.25) is 0 Å². The first-order chi connectivity index (χ1) is 8.28. The van der Waals surface area contributed by atoms with E-state index in [1.165, 1.54) is 48.7 Å². The van der Waals surface area contributed by atoms with Crippen LogP contribution < -0.4 is 5.32 Å². The van der Waals surface area contributed by atoms with Crippen LogP contribution in [0.25, 0.3) is 0 Å². The van der Waals surface area contributed by atoms with Crippen molar-refractivity contribution in [2.75, 3.05) is 19.6 Å². The first-order valence-electron chi connectivity index (χ1n) is 6.79. The van der Waals surface area contributed by atoms with Gasteiger partial charge in [0.25, 0.3) is 0 Å².